The zero-order valence-electron chi connectivity index (χ0n) is 6.56. The van der Waals surface area contributed by atoms with Crippen molar-refractivity contribution < 1.29 is 103 Å². The van der Waals surface area contributed by atoms with Gasteiger partial charge in [0.15, 0.2) is 0 Å². The van der Waals surface area contributed by atoms with Gasteiger partial charge in [0.25, 0.3) is 0 Å². The number of halogens is 10. The van der Waals surface area contributed by atoms with Crippen molar-refractivity contribution in [2.24, 2.45) is 0 Å². The third-order valence-electron chi connectivity index (χ3n) is 0. The van der Waals surface area contributed by atoms with E-state index in [1.165, 1.54) is 0 Å². The van der Waals surface area contributed by atoms with E-state index in [-0.39, 0.29) is 169 Å². The third-order valence-corrected chi connectivity index (χ3v) is 0. The molecule has 0 aromatic rings. The summed E-state index contributed by atoms with van der Waals surface area (Å²) in [4.78, 5) is 0. The first kappa shape index (κ1) is 424. The van der Waals surface area contributed by atoms with E-state index < -0.39 is 0 Å². The molecule has 0 N–H and O–H groups in total. The summed E-state index contributed by atoms with van der Waals surface area (Å²) >= 11 is 0. The van der Waals surface area contributed by atoms with Crippen LogP contribution in [0.2, 0.25) is 0 Å². The second-order valence-electron chi connectivity index (χ2n) is 0. The summed E-state index contributed by atoms with van der Waals surface area (Å²) in [5, 5.41) is 0. The van der Waals surface area contributed by atoms with Crippen LogP contribution in [0.25, 0.3) is 0 Å². The Balaban J connectivity index is 0. The van der Waals surface area contributed by atoms with E-state index in [0.717, 1.165) is 0 Å². The van der Waals surface area contributed by atoms with Crippen LogP contribution in [-0.4, -0.2) is 66.2 Å². The second kappa shape index (κ2) is 352. The van der Waals surface area contributed by atoms with Crippen LogP contribution in [0, 0.1) is 0 Å². The topological polar surface area (TPSA) is 0 Å². The molecule has 0 aromatic heterocycles. The molecule has 0 rings (SSSR count). The van der Waals surface area contributed by atoms with Crippen LogP contribution in [0.3, 0.4) is 0 Å². The van der Waals surface area contributed by atoms with Crippen molar-refractivity contribution in [3.63, 3.8) is 0 Å². The first-order valence-corrected chi connectivity index (χ1v) is 0. The average Bonchev–Trinajstić information content (AvgIpc) is 0. The fourth-order valence-electron chi connectivity index (χ4n) is 0. The first-order valence-electron chi connectivity index (χ1n) is 0. The summed E-state index contributed by atoms with van der Waals surface area (Å²) in [6.45, 7) is 0. The molecule has 0 aliphatic heterocycles. The van der Waals surface area contributed by atoms with E-state index in [1.54, 1.807) is 0 Å². The Kier molecular flexibility index (Phi) is 10700. The van der Waals surface area contributed by atoms with Gasteiger partial charge in [-0.05, 0) is 0 Å². The zero-order valence-corrected chi connectivity index (χ0v) is 16.6. The van der Waals surface area contributed by atoms with Gasteiger partial charge < -0.3 is 47.0 Å². The standard InChI is InChI=1S/Al.Ba.10FH.Na.Zr/h;;10*1H;;/q+3;+2;;;;;;;;;;;+1;+4/p-10. The molecule has 0 heterocycles. The molecule has 0 aliphatic rings. The van der Waals surface area contributed by atoms with E-state index in [9.17, 15) is 0 Å². The van der Waals surface area contributed by atoms with E-state index >= 15 is 0 Å². The average molecular weight is 469 g/mol. The molecule has 0 fully saturated rings. The van der Waals surface area contributed by atoms with Crippen molar-refractivity contribution >= 4 is 66.2 Å². The number of rotatable bonds is 0. The first-order chi connectivity index (χ1) is 0. The van der Waals surface area contributed by atoms with Crippen LogP contribution in [0.4, 0.5) is 0 Å². The maximum atomic E-state index is 0. The van der Waals surface area contributed by atoms with Crippen LogP contribution >= 0.6 is 0 Å². The van der Waals surface area contributed by atoms with Crippen molar-refractivity contribution in [1.29, 1.82) is 0 Å². The van der Waals surface area contributed by atoms with Gasteiger partial charge in [-0.3, -0.25) is 0 Å². The number of hydrogen-bond acceptors (Lipinski definition) is 0. The minimum Gasteiger partial charge on any atom is -1.00 e. The Labute approximate surface area is 166 Å². The zero-order chi connectivity index (χ0) is 0. The molecule has 0 saturated heterocycles. The van der Waals surface area contributed by atoms with Crippen molar-refractivity contribution in [3.8, 4) is 0 Å². The van der Waals surface area contributed by atoms with Gasteiger partial charge in [0.2, 0.25) is 0 Å². The van der Waals surface area contributed by atoms with Crippen molar-refractivity contribution in [2.75, 3.05) is 0 Å². The predicted octanol–water partition coefficient (Wildman–Crippen LogP) is -33.7. The van der Waals surface area contributed by atoms with Crippen LogP contribution in [0.15, 0.2) is 0 Å². The van der Waals surface area contributed by atoms with Crippen LogP contribution in [0.1, 0.15) is 0 Å². The van der Waals surface area contributed by atoms with E-state index in [4.69, 9.17) is 0 Å². The summed E-state index contributed by atoms with van der Waals surface area (Å²) in [7, 11) is 0. The van der Waals surface area contributed by atoms with Crippen LogP contribution in [-0.2, 0) is 26.2 Å². The minimum atomic E-state index is 0. The summed E-state index contributed by atoms with van der Waals surface area (Å²) in [6, 6.07) is 0. The van der Waals surface area contributed by atoms with Crippen LogP contribution < -0.4 is 76.6 Å². The molecule has 0 bridgehead atoms. The van der Waals surface area contributed by atoms with E-state index in [1.807, 2.05) is 0 Å². The van der Waals surface area contributed by atoms with E-state index in [0.29, 0.717) is 0 Å². The molecule has 80 valence electrons. The second-order valence-corrected chi connectivity index (χ2v) is 0. The maximum absolute atomic E-state index is 0. The fraction of sp³-hybridized carbons (Fsp3) is 0. The molecule has 0 aliphatic carbocycles. The van der Waals surface area contributed by atoms with Gasteiger partial charge in [-0.2, -0.15) is 0 Å². The Morgan fingerprint density at radius 2 is 0.357 bits per heavy atom. The predicted molar refractivity (Wildman–Crippen MR) is 11.5 cm³/mol. The monoisotopic (exact) mass is 468 g/mol. The largest absolute Gasteiger partial charge is 4.00 e. The summed E-state index contributed by atoms with van der Waals surface area (Å²) in [5.41, 5.74) is 0. The van der Waals surface area contributed by atoms with Gasteiger partial charge in [-0.1, -0.05) is 0 Å². The molecule has 0 atom stereocenters. The normalized spacial score (nSPS) is 0. The summed E-state index contributed by atoms with van der Waals surface area (Å²) in [6.07, 6.45) is 0. The molecule has 14 heteroatoms. The molecular weight excluding hydrogens is 469 g/mol. The van der Waals surface area contributed by atoms with Gasteiger partial charge in [0.05, 0.1) is 0 Å². The third kappa shape index (κ3) is 289. The molecule has 0 spiro atoms. The SMILES string of the molecule is [Al+3].[Ba+2].[F-].[F-].[F-].[F-].[F-].[F-].[F-].[F-].[F-].[F-].[Na+].[Zr+4]. The maximum Gasteiger partial charge on any atom is 4.00 e. The summed E-state index contributed by atoms with van der Waals surface area (Å²) < 4.78 is 0. The Morgan fingerprint density at radius 3 is 0.357 bits per heavy atom. The minimum absolute atomic E-state index is 0. The molecule has 0 radical (unpaired) electrons. The molecule has 0 unspecified atom stereocenters. The van der Waals surface area contributed by atoms with Gasteiger partial charge in [-0.15, -0.1) is 0 Å². The molecule has 0 amide bonds. The van der Waals surface area contributed by atoms with Crippen molar-refractivity contribution in [2.45, 2.75) is 0 Å². The van der Waals surface area contributed by atoms with Gasteiger partial charge in [0.1, 0.15) is 0 Å². The summed E-state index contributed by atoms with van der Waals surface area (Å²) in [5.74, 6) is 0. The number of hydrogen-bond donors (Lipinski definition) is 0. The van der Waals surface area contributed by atoms with Gasteiger partial charge >= 0.3 is 122 Å². The fourth-order valence-corrected chi connectivity index (χ4v) is 0. The van der Waals surface area contributed by atoms with Crippen molar-refractivity contribution in [3.05, 3.63) is 0 Å². The Hall–Kier alpha value is 3.29. The Morgan fingerprint density at radius 1 is 0.357 bits per heavy atom. The Bertz CT molecular complexity index is 20.1. The van der Waals surface area contributed by atoms with Crippen LogP contribution in [0.5, 0.6) is 0 Å². The van der Waals surface area contributed by atoms with Gasteiger partial charge in [-0.25, -0.2) is 0 Å². The smallest absolute Gasteiger partial charge is 1.00 e. The molecule has 0 nitrogen and oxygen atoms in total. The molecule has 14 heavy (non-hydrogen) atoms. The van der Waals surface area contributed by atoms with E-state index in [2.05, 4.69) is 0 Å². The van der Waals surface area contributed by atoms with Crippen molar-refractivity contribution in [1.82, 2.24) is 0 Å². The molecular formula is AlBaF10NaZr. The molecule has 0 aromatic carbocycles. The molecule has 0 saturated carbocycles. The van der Waals surface area contributed by atoms with Gasteiger partial charge in [0, 0.05) is 0 Å². The quantitative estimate of drug-likeness (QED) is 0.245.